The van der Waals surface area contributed by atoms with Gasteiger partial charge in [-0.3, -0.25) is 18.7 Å². The molecule has 4 aromatic rings. The van der Waals surface area contributed by atoms with E-state index in [9.17, 15) is 14.4 Å². The molecule has 0 unspecified atom stereocenters. The van der Waals surface area contributed by atoms with Crippen molar-refractivity contribution in [1.29, 1.82) is 0 Å². The van der Waals surface area contributed by atoms with Crippen molar-refractivity contribution in [2.75, 3.05) is 6.61 Å². The number of aromatic amines is 1. The first kappa shape index (κ1) is 21.1. The summed E-state index contributed by atoms with van der Waals surface area (Å²) in [5.74, 6) is 0.783. The number of nitrogens with zero attached hydrogens (tertiary/aromatic N) is 4. The zero-order valence-electron chi connectivity index (χ0n) is 17.5. The van der Waals surface area contributed by atoms with Crippen LogP contribution in [0.3, 0.4) is 0 Å². The van der Waals surface area contributed by atoms with Gasteiger partial charge in [-0.15, -0.1) is 0 Å². The molecule has 9 nitrogen and oxygen atoms in total. The zero-order chi connectivity index (χ0) is 21.8. The van der Waals surface area contributed by atoms with Crippen LogP contribution in [-0.4, -0.2) is 36.7 Å². The largest absolute Gasteiger partial charge is 0.468 e. The molecule has 30 heavy (non-hydrogen) atoms. The van der Waals surface area contributed by atoms with E-state index < -0.39 is 0 Å². The predicted molar refractivity (Wildman–Crippen MR) is 115 cm³/mol. The number of aromatic nitrogens is 5. The molecule has 0 atom stereocenters. The van der Waals surface area contributed by atoms with Crippen molar-refractivity contribution in [2.45, 2.75) is 26.8 Å². The van der Waals surface area contributed by atoms with Crippen molar-refractivity contribution < 1.29 is 9.53 Å². The van der Waals surface area contributed by atoms with Crippen LogP contribution in [-0.2, 0) is 36.6 Å². The molecule has 0 fully saturated rings. The highest BCUT2D eigenvalue weighted by Crippen LogP contribution is 2.15. The molecule has 0 bridgehead atoms. The van der Waals surface area contributed by atoms with Gasteiger partial charge in [0, 0.05) is 31.7 Å². The Kier molecular flexibility index (Phi) is 6.20. The number of nitrogens with one attached hydrogen (secondary N) is 1. The molecule has 0 spiro atoms. The van der Waals surface area contributed by atoms with E-state index in [1.54, 1.807) is 18.5 Å². The maximum atomic E-state index is 12.9. The molecule has 3 heterocycles. The fraction of sp³-hybridized carbons (Fsp3) is 0.333. The molecule has 0 radical (unpaired) electrons. The van der Waals surface area contributed by atoms with E-state index in [2.05, 4.69) is 14.7 Å². The third kappa shape index (κ3) is 3.78. The number of carbonyl (C=O) groups is 1. The van der Waals surface area contributed by atoms with Gasteiger partial charge in [0.2, 0.25) is 0 Å². The number of imidazole rings is 1. The van der Waals surface area contributed by atoms with E-state index in [-0.39, 0.29) is 17.8 Å². The van der Waals surface area contributed by atoms with Crippen LogP contribution in [0.2, 0.25) is 0 Å². The van der Waals surface area contributed by atoms with E-state index in [0.717, 1.165) is 22.4 Å². The molecule has 4 rings (SSSR count). The molecule has 0 amide bonds. The third-order valence-electron chi connectivity index (χ3n) is 4.92. The Morgan fingerprint density at radius 2 is 1.87 bits per heavy atom. The second-order valence-corrected chi connectivity index (χ2v) is 6.78. The van der Waals surface area contributed by atoms with E-state index in [1.165, 1.54) is 9.13 Å². The van der Waals surface area contributed by atoms with Crippen molar-refractivity contribution in [1.82, 2.24) is 23.7 Å². The van der Waals surface area contributed by atoms with Crippen molar-refractivity contribution in [2.24, 2.45) is 14.1 Å². The summed E-state index contributed by atoms with van der Waals surface area (Å²) in [7, 11) is 3.46. The summed E-state index contributed by atoms with van der Waals surface area (Å²) < 4.78 is 8.63. The first-order chi connectivity index (χ1) is 14.4. The molecule has 3 aromatic heterocycles. The minimum atomic E-state index is -0.364. The quantitative estimate of drug-likeness (QED) is 0.504. The van der Waals surface area contributed by atoms with Crippen molar-refractivity contribution >= 4 is 28.5 Å². The molecule has 0 aliphatic carbocycles. The number of H-pyrrole nitrogens is 1. The Hall–Kier alpha value is -3.62. The predicted octanol–water partition coefficient (Wildman–Crippen LogP) is 1.70. The average Bonchev–Trinajstić information content (AvgIpc) is 3.31. The lowest BCUT2D eigenvalue weighted by Crippen LogP contribution is -2.39. The zero-order valence-corrected chi connectivity index (χ0v) is 17.5. The van der Waals surface area contributed by atoms with Crippen LogP contribution in [0.15, 0.2) is 39.9 Å². The van der Waals surface area contributed by atoms with Crippen molar-refractivity contribution in [3.63, 3.8) is 0 Å². The Balaban J connectivity index is 0.000000461. The lowest BCUT2D eigenvalue weighted by atomic mass is 10.2. The highest BCUT2D eigenvalue weighted by atomic mass is 16.5. The van der Waals surface area contributed by atoms with Crippen LogP contribution in [0.5, 0.6) is 0 Å². The molecule has 1 aromatic carbocycles. The molecule has 9 heteroatoms. The minimum Gasteiger partial charge on any atom is -0.468 e. The van der Waals surface area contributed by atoms with Crippen molar-refractivity contribution in [3.8, 4) is 0 Å². The summed E-state index contributed by atoms with van der Waals surface area (Å²) in [5, 5.41) is 1.05. The molecule has 0 aliphatic heterocycles. The fourth-order valence-electron chi connectivity index (χ4n) is 3.40. The van der Waals surface area contributed by atoms with Gasteiger partial charge in [-0.1, -0.05) is 25.1 Å². The Morgan fingerprint density at radius 3 is 2.47 bits per heavy atom. The molecule has 1 N–H and O–H groups in total. The van der Waals surface area contributed by atoms with Gasteiger partial charge in [-0.25, -0.2) is 9.78 Å². The average molecular weight is 411 g/mol. The van der Waals surface area contributed by atoms with E-state index in [4.69, 9.17) is 0 Å². The topological polar surface area (TPSA) is 104 Å². The van der Waals surface area contributed by atoms with Crippen LogP contribution >= 0.6 is 0 Å². The smallest absolute Gasteiger partial charge is 0.332 e. The second kappa shape index (κ2) is 8.81. The van der Waals surface area contributed by atoms with Gasteiger partial charge in [-0.2, -0.15) is 0 Å². The molecule has 0 saturated carbocycles. The highest BCUT2D eigenvalue weighted by molar-refractivity contribution is 5.80. The SMILES string of the molecule is CCOC=O.CCc1nc2c(c(=O)n(Cc3cc4ccccc4[nH]3)c(=O)n2C)n1C. The maximum Gasteiger partial charge on any atom is 0.332 e. The van der Waals surface area contributed by atoms with Gasteiger partial charge in [0.05, 0.1) is 13.2 Å². The monoisotopic (exact) mass is 411 g/mol. The summed E-state index contributed by atoms with van der Waals surface area (Å²) in [6.45, 7) is 4.84. The molecular formula is C21H25N5O4. The van der Waals surface area contributed by atoms with Gasteiger partial charge in [0.25, 0.3) is 12.0 Å². The first-order valence-corrected chi connectivity index (χ1v) is 9.69. The Labute approximate surface area is 172 Å². The van der Waals surface area contributed by atoms with Crippen LogP contribution in [0, 0.1) is 0 Å². The number of fused-ring (bicyclic) bond motifs is 2. The van der Waals surface area contributed by atoms with Crippen LogP contribution in [0.1, 0.15) is 25.4 Å². The first-order valence-electron chi connectivity index (χ1n) is 9.69. The normalized spacial score (nSPS) is 10.8. The molecular weight excluding hydrogens is 386 g/mol. The number of ether oxygens (including phenoxy) is 1. The Bertz CT molecular complexity index is 1280. The fourth-order valence-corrected chi connectivity index (χ4v) is 3.40. The number of benzene rings is 1. The van der Waals surface area contributed by atoms with E-state index in [1.807, 2.05) is 44.3 Å². The second-order valence-electron chi connectivity index (χ2n) is 6.78. The number of para-hydroxylation sites is 1. The van der Waals surface area contributed by atoms with Crippen LogP contribution in [0.25, 0.3) is 22.1 Å². The highest BCUT2D eigenvalue weighted by Gasteiger charge is 2.18. The van der Waals surface area contributed by atoms with E-state index in [0.29, 0.717) is 30.7 Å². The summed E-state index contributed by atoms with van der Waals surface area (Å²) in [4.78, 5) is 42.5. The lowest BCUT2D eigenvalue weighted by Gasteiger charge is -2.07. The van der Waals surface area contributed by atoms with Gasteiger partial charge < -0.3 is 14.3 Å². The van der Waals surface area contributed by atoms with Gasteiger partial charge in [0.1, 0.15) is 5.82 Å². The van der Waals surface area contributed by atoms with E-state index >= 15 is 0 Å². The standard InChI is InChI=1S/C18H19N5O2.C3H6O2/c1-4-14-20-16-15(21(14)2)17(24)23(18(25)22(16)3)10-12-9-11-7-5-6-8-13(11)19-12;1-2-5-3-4/h5-9,19H,4,10H2,1-3H3;3H,2H2,1H3. The molecule has 0 saturated heterocycles. The molecule has 158 valence electrons. The van der Waals surface area contributed by atoms with Crippen LogP contribution in [0.4, 0.5) is 0 Å². The van der Waals surface area contributed by atoms with Gasteiger partial charge >= 0.3 is 5.69 Å². The number of hydrogen-bond acceptors (Lipinski definition) is 5. The summed E-state index contributed by atoms with van der Waals surface area (Å²) in [6, 6.07) is 9.83. The molecule has 0 aliphatic rings. The third-order valence-corrected chi connectivity index (χ3v) is 4.92. The van der Waals surface area contributed by atoms with Crippen LogP contribution < -0.4 is 11.2 Å². The number of aryl methyl sites for hydroxylation is 3. The van der Waals surface area contributed by atoms with Gasteiger partial charge in [0.15, 0.2) is 11.2 Å². The Morgan fingerprint density at radius 1 is 1.13 bits per heavy atom. The van der Waals surface area contributed by atoms with Gasteiger partial charge in [-0.05, 0) is 24.4 Å². The maximum absolute atomic E-state index is 12.9. The lowest BCUT2D eigenvalue weighted by molar-refractivity contribution is -0.128. The minimum absolute atomic E-state index is 0.197. The summed E-state index contributed by atoms with van der Waals surface area (Å²) in [5.41, 5.74) is 2.01. The van der Waals surface area contributed by atoms with Crippen molar-refractivity contribution in [3.05, 3.63) is 62.7 Å². The number of hydrogen-bond donors (Lipinski definition) is 1. The summed E-state index contributed by atoms with van der Waals surface area (Å²) in [6.07, 6.45) is 0.695. The summed E-state index contributed by atoms with van der Waals surface area (Å²) >= 11 is 0. The number of rotatable bonds is 5. The number of carbonyl (C=O) groups excluding carboxylic acids is 1.